The molecule has 0 saturated carbocycles. The Morgan fingerprint density at radius 2 is 1.89 bits per heavy atom. The molecule has 1 atom stereocenters. The first-order valence-electron chi connectivity index (χ1n) is 8.07. The number of hydrogen-bond acceptors (Lipinski definition) is 5. The van der Waals surface area contributed by atoms with Crippen LogP contribution in [0, 0.1) is 5.92 Å². The van der Waals surface area contributed by atoms with Gasteiger partial charge in [-0.2, -0.15) is 13.5 Å². The Morgan fingerprint density at radius 3 is 2.48 bits per heavy atom. The number of amides is 1. The van der Waals surface area contributed by atoms with Gasteiger partial charge in [-0.15, -0.1) is 11.3 Å². The van der Waals surface area contributed by atoms with Crippen molar-refractivity contribution in [1.29, 1.82) is 0 Å². The summed E-state index contributed by atoms with van der Waals surface area (Å²) in [7, 11) is -3.83. The van der Waals surface area contributed by atoms with E-state index in [0.717, 1.165) is 11.3 Å². The number of sulfonamides is 1. The quantitative estimate of drug-likeness (QED) is 0.656. The van der Waals surface area contributed by atoms with Crippen LogP contribution in [0.5, 0.6) is 5.75 Å². The lowest BCUT2D eigenvalue weighted by Gasteiger charge is -2.21. The summed E-state index contributed by atoms with van der Waals surface area (Å²) in [5, 5.41) is 4.20. The third-order valence-corrected chi connectivity index (χ3v) is 6.47. The van der Waals surface area contributed by atoms with Crippen molar-refractivity contribution in [2.45, 2.75) is 37.3 Å². The Kier molecular flexibility index (Phi) is 7.28. The average Bonchev–Trinajstić information content (AvgIpc) is 3.13. The maximum Gasteiger partial charge on any atom is 0.387 e. The SMILES string of the molecule is CC(C)C(NS(=O)(=O)c1cccs1)C(=O)NCc1ccccc1OC(F)F. The molecule has 1 aromatic heterocycles. The van der Waals surface area contributed by atoms with Gasteiger partial charge in [-0.25, -0.2) is 8.42 Å². The first-order valence-corrected chi connectivity index (χ1v) is 10.4. The summed E-state index contributed by atoms with van der Waals surface area (Å²) in [5.41, 5.74) is 0.356. The maximum atomic E-state index is 12.5. The van der Waals surface area contributed by atoms with Crippen molar-refractivity contribution < 1.29 is 26.7 Å². The van der Waals surface area contributed by atoms with E-state index in [1.807, 2.05) is 0 Å². The molecule has 0 saturated heterocycles. The second kappa shape index (κ2) is 9.25. The Labute approximate surface area is 160 Å². The highest BCUT2D eigenvalue weighted by Crippen LogP contribution is 2.21. The summed E-state index contributed by atoms with van der Waals surface area (Å²) < 4.78 is 56.6. The van der Waals surface area contributed by atoms with E-state index >= 15 is 0 Å². The van der Waals surface area contributed by atoms with Gasteiger partial charge in [-0.3, -0.25) is 4.79 Å². The van der Waals surface area contributed by atoms with Crippen LogP contribution in [0.2, 0.25) is 0 Å². The highest BCUT2D eigenvalue weighted by molar-refractivity contribution is 7.91. The van der Waals surface area contributed by atoms with Crippen molar-refractivity contribution in [3.8, 4) is 5.75 Å². The molecule has 0 aliphatic heterocycles. The van der Waals surface area contributed by atoms with Gasteiger partial charge in [0.25, 0.3) is 10.0 Å². The van der Waals surface area contributed by atoms with E-state index in [0.29, 0.717) is 5.56 Å². The van der Waals surface area contributed by atoms with Gasteiger partial charge in [-0.1, -0.05) is 38.1 Å². The number of benzene rings is 1. The summed E-state index contributed by atoms with van der Waals surface area (Å²) in [5.74, 6) is -0.933. The van der Waals surface area contributed by atoms with E-state index in [-0.39, 0.29) is 22.4 Å². The molecule has 10 heteroatoms. The number of alkyl halides is 2. The molecule has 27 heavy (non-hydrogen) atoms. The molecule has 1 unspecified atom stereocenters. The summed E-state index contributed by atoms with van der Waals surface area (Å²) in [6, 6.07) is 8.10. The zero-order valence-corrected chi connectivity index (χ0v) is 16.3. The predicted octanol–water partition coefficient (Wildman–Crippen LogP) is 2.97. The van der Waals surface area contributed by atoms with Crippen molar-refractivity contribution in [3.63, 3.8) is 0 Å². The van der Waals surface area contributed by atoms with Crippen molar-refractivity contribution in [2.75, 3.05) is 0 Å². The average molecular weight is 418 g/mol. The van der Waals surface area contributed by atoms with E-state index in [9.17, 15) is 22.0 Å². The van der Waals surface area contributed by atoms with Crippen molar-refractivity contribution in [3.05, 3.63) is 47.3 Å². The molecule has 2 N–H and O–H groups in total. The van der Waals surface area contributed by atoms with Gasteiger partial charge in [-0.05, 0) is 23.4 Å². The minimum atomic E-state index is -3.83. The first kappa shape index (κ1) is 21.3. The van der Waals surface area contributed by atoms with E-state index in [1.165, 1.54) is 24.3 Å². The highest BCUT2D eigenvalue weighted by Gasteiger charge is 2.28. The van der Waals surface area contributed by atoms with Crippen LogP contribution in [-0.4, -0.2) is 27.0 Å². The lowest BCUT2D eigenvalue weighted by Crippen LogP contribution is -2.49. The molecule has 0 bridgehead atoms. The lowest BCUT2D eigenvalue weighted by molar-refractivity contribution is -0.123. The molecule has 0 spiro atoms. The Bertz CT molecular complexity index is 856. The number of hydrogen-bond donors (Lipinski definition) is 2. The van der Waals surface area contributed by atoms with E-state index < -0.39 is 28.6 Å². The summed E-state index contributed by atoms with van der Waals surface area (Å²) in [6.45, 7) is 0.346. The van der Waals surface area contributed by atoms with Crippen LogP contribution in [-0.2, 0) is 21.4 Å². The van der Waals surface area contributed by atoms with Crippen molar-refractivity contribution >= 4 is 27.3 Å². The molecular weight excluding hydrogens is 398 g/mol. The maximum absolute atomic E-state index is 12.5. The highest BCUT2D eigenvalue weighted by atomic mass is 32.2. The van der Waals surface area contributed by atoms with Crippen LogP contribution in [0.25, 0.3) is 0 Å². The van der Waals surface area contributed by atoms with Gasteiger partial charge in [0.2, 0.25) is 5.91 Å². The van der Waals surface area contributed by atoms with Crippen molar-refractivity contribution in [2.24, 2.45) is 5.92 Å². The van der Waals surface area contributed by atoms with Gasteiger partial charge in [0.05, 0.1) is 0 Å². The number of halogens is 2. The molecular formula is C17H20F2N2O4S2. The fourth-order valence-corrected chi connectivity index (χ4v) is 4.64. The standard InChI is InChI=1S/C17H20F2N2O4S2/c1-11(2)15(21-27(23,24)14-8-5-9-26-14)16(22)20-10-12-6-3-4-7-13(12)25-17(18)19/h3-9,11,15,17,21H,10H2,1-2H3,(H,20,22). The monoisotopic (exact) mass is 418 g/mol. The topological polar surface area (TPSA) is 84.5 Å². The molecule has 0 aliphatic rings. The van der Waals surface area contributed by atoms with Gasteiger partial charge < -0.3 is 10.1 Å². The molecule has 1 amide bonds. The van der Waals surface area contributed by atoms with Crippen LogP contribution in [0.1, 0.15) is 19.4 Å². The zero-order chi connectivity index (χ0) is 20.0. The number of para-hydroxylation sites is 1. The third-order valence-electron chi connectivity index (χ3n) is 3.63. The van der Waals surface area contributed by atoms with Crippen LogP contribution >= 0.6 is 11.3 Å². The number of carbonyl (C=O) groups is 1. The minimum absolute atomic E-state index is 0.0481. The van der Waals surface area contributed by atoms with Crippen LogP contribution < -0.4 is 14.8 Å². The summed E-state index contributed by atoms with van der Waals surface area (Å²) in [4.78, 5) is 12.5. The van der Waals surface area contributed by atoms with Gasteiger partial charge in [0.1, 0.15) is 16.0 Å². The van der Waals surface area contributed by atoms with Crippen molar-refractivity contribution in [1.82, 2.24) is 10.0 Å². The van der Waals surface area contributed by atoms with Crippen LogP contribution in [0.4, 0.5) is 8.78 Å². The minimum Gasteiger partial charge on any atom is -0.434 e. The fraction of sp³-hybridized carbons (Fsp3) is 0.353. The Hall–Kier alpha value is -2.04. The number of carbonyl (C=O) groups excluding carboxylic acids is 1. The molecule has 1 heterocycles. The molecule has 2 aromatic rings. The zero-order valence-electron chi connectivity index (χ0n) is 14.7. The molecule has 1 aromatic carbocycles. The Morgan fingerprint density at radius 1 is 1.19 bits per heavy atom. The smallest absolute Gasteiger partial charge is 0.387 e. The van der Waals surface area contributed by atoms with E-state index in [2.05, 4.69) is 14.8 Å². The molecule has 0 radical (unpaired) electrons. The number of rotatable bonds is 9. The molecule has 6 nitrogen and oxygen atoms in total. The van der Waals surface area contributed by atoms with E-state index in [4.69, 9.17) is 0 Å². The summed E-state index contributed by atoms with van der Waals surface area (Å²) in [6.07, 6.45) is 0. The largest absolute Gasteiger partial charge is 0.434 e. The Balaban J connectivity index is 2.08. The molecule has 0 fully saturated rings. The predicted molar refractivity (Wildman–Crippen MR) is 98.2 cm³/mol. The molecule has 0 aliphatic carbocycles. The number of ether oxygens (including phenoxy) is 1. The number of thiophene rings is 1. The second-order valence-electron chi connectivity index (χ2n) is 5.98. The second-order valence-corrected chi connectivity index (χ2v) is 8.87. The molecule has 2 rings (SSSR count). The first-order chi connectivity index (χ1) is 12.7. The normalized spacial score (nSPS) is 13.0. The number of nitrogens with one attached hydrogen (secondary N) is 2. The lowest BCUT2D eigenvalue weighted by atomic mass is 10.0. The van der Waals surface area contributed by atoms with Crippen LogP contribution in [0.15, 0.2) is 46.0 Å². The molecule has 148 valence electrons. The third kappa shape index (κ3) is 5.98. The van der Waals surface area contributed by atoms with Gasteiger partial charge in [0.15, 0.2) is 0 Å². The van der Waals surface area contributed by atoms with Gasteiger partial charge in [0, 0.05) is 12.1 Å². The van der Waals surface area contributed by atoms with Crippen LogP contribution in [0.3, 0.4) is 0 Å². The summed E-state index contributed by atoms with van der Waals surface area (Å²) >= 11 is 1.04. The fourth-order valence-electron chi connectivity index (χ4n) is 2.29. The van der Waals surface area contributed by atoms with E-state index in [1.54, 1.807) is 31.4 Å². The van der Waals surface area contributed by atoms with Gasteiger partial charge >= 0.3 is 6.61 Å².